The van der Waals surface area contributed by atoms with Crippen LogP contribution in [-0.2, 0) is 55.3 Å². The third-order valence-corrected chi connectivity index (χ3v) is 17.8. The Morgan fingerprint density at radius 3 is 0.645 bits per heavy atom. The van der Waals surface area contributed by atoms with Gasteiger partial charge in [-0.25, -0.2) is 15.0 Å². The van der Waals surface area contributed by atoms with Crippen molar-refractivity contribution in [3.05, 3.63) is 219 Å². The van der Waals surface area contributed by atoms with Crippen LogP contribution in [0, 0.1) is 11.3 Å². The second kappa shape index (κ2) is 26.3. The van der Waals surface area contributed by atoms with Crippen molar-refractivity contribution in [2.45, 2.75) is 6.92 Å². The second-order valence-corrected chi connectivity index (χ2v) is 20.7. The zero-order chi connectivity index (χ0) is 41.9. The van der Waals surface area contributed by atoms with E-state index in [1.165, 1.54) is 55.4 Å². The Hall–Kier alpha value is -5.23. The SMILES string of the molecule is CC#N.Cn1ccnc1[PH+](c1ccccc1)c1ccccc1.Cn1ccnc1[PH+](c1ccccc1)c1ccccc1.Cn1ccnc1[PH+](c1ccccc1)c1ccccc1.[Cu+].[Cu+]. The molecule has 0 radical (unpaired) electrons. The van der Waals surface area contributed by atoms with Crippen molar-refractivity contribution in [3.8, 4) is 6.07 Å². The molecule has 0 unspecified atom stereocenters. The van der Waals surface area contributed by atoms with Crippen LogP contribution in [-0.4, -0.2) is 28.7 Å². The Bertz CT molecular complexity index is 2220. The molecular formula is C50H51Cu2N7P3+5. The van der Waals surface area contributed by atoms with Crippen LogP contribution >= 0.6 is 23.8 Å². The molecule has 0 aliphatic heterocycles. The number of nitriles is 1. The number of imidazole rings is 3. The maximum absolute atomic E-state index is 7.32. The number of nitrogens with zero attached hydrogens (tertiary/aromatic N) is 7. The molecule has 318 valence electrons. The molecule has 0 N–H and O–H groups in total. The number of hydrogen-bond donors (Lipinski definition) is 0. The summed E-state index contributed by atoms with van der Waals surface area (Å²) in [6.45, 7) is 1.43. The Labute approximate surface area is 391 Å². The molecule has 0 saturated carbocycles. The summed E-state index contributed by atoms with van der Waals surface area (Å²) < 4.78 is 6.40. The van der Waals surface area contributed by atoms with E-state index in [-0.39, 0.29) is 34.1 Å². The molecule has 3 aromatic heterocycles. The normalized spacial score (nSPS) is 10.1. The van der Waals surface area contributed by atoms with Crippen molar-refractivity contribution in [3.63, 3.8) is 0 Å². The van der Waals surface area contributed by atoms with Crippen molar-refractivity contribution < 1.29 is 34.1 Å². The Kier molecular flexibility index (Phi) is 21.0. The summed E-state index contributed by atoms with van der Waals surface area (Å²) in [6, 6.07) is 65.8. The first-order valence-corrected chi connectivity index (χ1v) is 24.2. The van der Waals surface area contributed by atoms with E-state index < -0.39 is 23.8 Å². The van der Waals surface area contributed by atoms with Crippen LogP contribution in [0.25, 0.3) is 0 Å². The molecule has 0 spiro atoms. The molecule has 0 amide bonds. The predicted octanol–water partition coefficient (Wildman–Crippen LogP) is 6.26. The fourth-order valence-corrected chi connectivity index (χ4v) is 14.3. The van der Waals surface area contributed by atoms with E-state index in [2.05, 4.69) is 232 Å². The number of aromatic nitrogens is 6. The minimum atomic E-state index is -1.01. The van der Waals surface area contributed by atoms with Gasteiger partial charge in [-0.1, -0.05) is 109 Å². The summed E-state index contributed by atoms with van der Waals surface area (Å²) in [5.41, 5.74) is 3.51. The van der Waals surface area contributed by atoms with Crippen molar-refractivity contribution in [1.82, 2.24) is 28.7 Å². The summed E-state index contributed by atoms with van der Waals surface area (Å²) in [4.78, 5) is 13.7. The van der Waals surface area contributed by atoms with Gasteiger partial charge in [-0.2, -0.15) is 5.26 Å². The number of benzene rings is 6. The molecular weight excluding hydrogens is 919 g/mol. The van der Waals surface area contributed by atoms with E-state index in [0.717, 1.165) is 0 Å². The van der Waals surface area contributed by atoms with Crippen LogP contribution in [0.2, 0.25) is 0 Å². The third kappa shape index (κ3) is 13.4. The van der Waals surface area contributed by atoms with E-state index in [9.17, 15) is 0 Å². The molecule has 3 heterocycles. The topological polar surface area (TPSA) is 77.2 Å². The minimum absolute atomic E-state index is 0. The average Bonchev–Trinajstić information content (AvgIpc) is 4.05. The van der Waals surface area contributed by atoms with Gasteiger partial charge >= 0.3 is 34.1 Å². The molecule has 0 aliphatic carbocycles. The van der Waals surface area contributed by atoms with Gasteiger partial charge in [0.1, 0.15) is 55.6 Å². The van der Waals surface area contributed by atoms with E-state index in [1.54, 1.807) is 6.07 Å². The van der Waals surface area contributed by atoms with E-state index in [1.807, 2.05) is 37.2 Å². The van der Waals surface area contributed by atoms with Crippen LogP contribution in [0.5, 0.6) is 0 Å². The summed E-state index contributed by atoms with van der Waals surface area (Å²) in [5.74, 6) is 0. The number of rotatable bonds is 9. The maximum Gasteiger partial charge on any atom is 1.00 e. The van der Waals surface area contributed by atoms with Crippen LogP contribution in [0.15, 0.2) is 219 Å². The van der Waals surface area contributed by atoms with E-state index in [4.69, 9.17) is 5.26 Å². The summed E-state index contributed by atoms with van der Waals surface area (Å²) in [5, 5.41) is 15.5. The Morgan fingerprint density at radius 1 is 0.355 bits per heavy atom. The fourth-order valence-electron chi connectivity index (χ4n) is 6.72. The van der Waals surface area contributed by atoms with Crippen LogP contribution in [0.3, 0.4) is 0 Å². The van der Waals surface area contributed by atoms with Crippen molar-refractivity contribution in [2.75, 3.05) is 0 Å². The van der Waals surface area contributed by atoms with Crippen LogP contribution in [0.4, 0.5) is 0 Å². The van der Waals surface area contributed by atoms with Gasteiger partial charge < -0.3 is 13.7 Å². The van der Waals surface area contributed by atoms with Crippen LogP contribution in [0.1, 0.15) is 6.92 Å². The minimum Gasteiger partial charge on any atom is -0.305 e. The van der Waals surface area contributed by atoms with Crippen molar-refractivity contribution in [2.24, 2.45) is 21.1 Å². The smallest absolute Gasteiger partial charge is 0.305 e. The molecule has 9 rings (SSSR count). The molecule has 62 heavy (non-hydrogen) atoms. The van der Waals surface area contributed by atoms with Gasteiger partial charge in [-0.3, -0.25) is 0 Å². The number of aryl methyl sites for hydroxylation is 3. The van der Waals surface area contributed by atoms with Crippen LogP contribution < -0.4 is 48.5 Å². The maximum atomic E-state index is 7.32. The largest absolute Gasteiger partial charge is 1.00 e. The Morgan fingerprint density at radius 2 is 0.516 bits per heavy atom. The van der Waals surface area contributed by atoms with Gasteiger partial charge in [-0.05, 0) is 72.8 Å². The van der Waals surface area contributed by atoms with Gasteiger partial charge in [0.15, 0.2) is 0 Å². The van der Waals surface area contributed by atoms with E-state index >= 15 is 0 Å². The van der Waals surface area contributed by atoms with Crippen molar-refractivity contribution >= 4 is 72.3 Å². The quantitative estimate of drug-likeness (QED) is 0.127. The first-order chi connectivity index (χ1) is 29.5. The zero-order valence-electron chi connectivity index (χ0n) is 35.0. The zero-order valence-corrected chi connectivity index (χ0v) is 39.9. The average molecular weight is 970 g/mol. The standard InChI is InChI=1S/3C16H15N2P.C2H3N.2Cu/c3*1-18-13-12-17-16(18)19(14-8-4-2-5-9-14)15-10-6-3-7-11-15;1-2-3;;/h3*2-13H,1H3;1H3;;/q;;;;2*+1/p+3. The number of hydrogen-bond acceptors (Lipinski definition) is 4. The molecule has 0 saturated heterocycles. The van der Waals surface area contributed by atoms with Gasteiger partial charge in [0.05, 0.1) is 6.07 Å². The fraction of sp³-hybridized carbons (Fsp3) is 0.0800. The van der Waals surface area contributed by atoms with Crippen molar-refractivity contribution in [1.29, 1.82) is 5.26 Å². The third-order valence-electron chi connectivity index (χ3n) is 9.51. The molecule has 0 fully saturated rings. The summed E-state index contributed by atoms with van der Waals surface area (Å²) in [7, 11) is 3.17. The van der Waals surface area contributed by atoms with Gasteiger partial charge in [-0.15, -0.1) is 0 Å². The molecule has 0 bridgehead atoms. The monoisotopic (exact) mass is 968 g/mol. The molecule has 9 aromatic rings. The van der Waals surface area contributed by atoms with Gasteiger partial charge in [0, 0.05) is 65.2 Å². The van der Waals surface area contributed by atoms with Gasteiger partial charge in [0.25, 0.3) is 16.7 Å². The summed E-state index contributed by atoms with van der Waals surface area (Å²) in [6.07, 6.45) is 11.7. The summed E-state index contributed by atoms with van der Waals surface area (Å²) >= 11 is 0. The first-order valence-electron chi connectivity index (χ1n) is 19.7. The molecule has 0 atom stereocenters. The molecule has 6 aromatic carbocycles. The first kappa shape index (κ1) is 49.4. The van der Waals surface area contributed by atoms with E-state index in [0.29, 0.717) is 0 Å². The second-order valence-electron chi connectivity index (χ2n) is 13.6. The molecule has 0 aliphatic rings. The predicted molar refractivity (Wildman–Crippen MR) is 261 cm³/mol. The molecule has 7 nitrogen and oxygen atoms in total. The molecule has 12 heteroatoms. The van der Waals surface area contributed by atoms with Gasteiger partial charge in [0.2, 0.25) is 0 Å². The Balaban J connectivity index is 0.000000195.